The Hall–Kier alpha value is -1.92. The number of carbonyl (C=O) groups excluding carboxylic acids is 1. The lowest BCUT2D eigenvalue weighted by Crippen LogP contribution is -2.50. The normalized spacial score (nSPS) is 21.0. The topological polar surface area (TPSA) is 59.4 Å². The maximum absolute atomic E-state index is 13.2. The van der Waals surface area contributed by atoms with E-state index in [1.165, 1.54) is 23.8 Å². The van der Waals surface area contributed by atoms with Gasteiger partial charge in [0.25, 0.3) is 5.91 Å². The van der Waals surface area contributed by atoms with Crippen molar-refractivity contribution in [1.82, 2.24) is 19.8 Å². The minimum absolute atomic E-state index is 0.00153. The Morgan fingerprint density at radius 2 is 2.29 bits per heavy atom. The number of hydrogen-bond donors (Lipinski definition) is 1. The Bertz CT molecular complexity index is 836. The predicted octanol–water partition coefficient (Wildman–Crippen LogP) is 2.96. The van der Waals surface area contributed by atoms with Crippen molar-refractivity contribution >= 4 is 16.9 Å². The van der Waals surface area contributed by atoms with E-state index in [1.54, 1.807) is 0 Å². The molecule has 0 aromatic carbocycles. The first-order valence-electron chi connectivity index (χ1n) is 10.7. The van der Waals surface area contributed by atoms with E-state index in [0.29, 0.717) is 19.2 Å². The maximum atomic E-state index is 13.2. The number of morpholine rings is 1. The van der Waals surface area contributed by atoms with E-state index < -0.39 is 0 Å². The van der Waals surface area contributed by atoms with Gasteiger partial charge in [0.2, 0.25) is 0 Å². The van der Waals surface area contributed by atoms with E-state index in [9.17, 15) is 4.79 Å². The molecule has 28 heavy (non-hydrogen) atoms. The number of unbranched alkanes of at least 4 members (excludes halogenated alkanes) is 1. The standard InChI is InChI=1S/C22H32N4O2/c1-4-5-6-16-14-25(3)21-19(16)11-17(12-24-21)15(2)26(18-7-8-18)22(27)20-13-23-9-10-28-20/h11-12,14-15,18,20,23H,4-10,13H2,1-3H3/t15-,20-/m1/s1. The van der Waals surface area contributed by atoms with Crippen LogP contribution >= 0.6 is 0 Å². The minimum atomic E-state index is -0.370. The lowest BCUT2D eigenvalue weighted by Gasteiger charge is -2.34. The van der Waals surface area contributed by atoms with Gasteiger partial charge in [0.05, 0.1) is 12.6 Å². The number of pyridine rings is 1. The highest BCUT2D eigenvalue weighted by Crippen LogP contribution is 2.36. The lowest BCUT2D eigenvalue weighted by atomic mass is 10.0. The van der Waals surface area contributed by atoms with Crippen molar-refractivity contribution in [3.05, 3.63) is 29.6 Å². The van der Waals surface area contributed by atoms with Crippen molar-refractivity contribution in [2.45, 2.75) is 64.1 Å². The molecular formula is C22H32N4O2. The summed E-state index contributed by atoms with van der Waals surface area (Å²) in [5, 5.41) is 4.50. The molecule has 2 aliphatic rings. The van der Waals surface area contributed by atoms with Gasteiger partial charge in [0.1, 0.15) is 11.8 Å². The van der Waals surface area contributed by atoms with E-state index in [0.717, 1.165) is 37.0 Å². The Kier molecular flexibility index (Phi) is 5.69. The average molecular weight is 385 g/mol. The summed E-state index contributed by atoms with van der Waals surface area (Å²) in [6.45, 7) is 6.37. The fourth-order valence-electron chi connectivity index (χ4n) is 4.24. The molecule has 1 aliphatic heterocycles. The van der Waals surface area contributed by atoms with Crippen molar-refractivity contribution in [2.75, 3.05) is 19.7 Å². The molecule has 0 radical (unpaired) electrons. The molecule has 2 aromatic rings. The highest BCUT2D eigenvalue weighted by atomic mass is 16.5. The Morgan fingerprint density at radius 3 is 2.96 bits per heavy atom. The zero-order valence-corrected chi connectivity index (χ0v) is 17.3. The number of carbonyl (C=O) groups is 1. The van der Waals surface area contributed by atoms with Crippen LogP contribution in [0.1, 0.15) is 56.7 Å². The Labute approximate surface area is 167 Å². The number of aromatic nitrogens is 2. The van der Waals surface area contributed by atoms with E-state index in [4.69, 9.17) is 9.72 Å². The van der Waals surface area contributed by atoms with Gasteiger partial charge in [-0.2, -0.15) is 0 Å². The molecule has 2 fully saturated rings. The molecule has 1 aliphatic carbocycles. The van der Waals surface area contributed by atoms with Crippen molar-refractivity contribution < 1.29 is 9.53 Å². The third-order valence-corrected chi connectivity index (χ3v) is 6.01. The Balaban J connectivity index is 1.62. The van der Waals surface area contributed by atoms with Crippen LogP contribution in [0.2, 0.25) is 0 Å². The molecule has 6 nitrogen and oxygen atoms in total. The van der Waals surface area contributed by atoms with E-state index in [2.05, 4.69) is 47.9 Å². The molecule has 0 bridgehead atoms. The summed E-state index contributed by atoms with van der Waals surface area (Å²) in [5.41, 5.74) is 3.48. The predicted molar refractivity (Wildman–Crippen MR) is 110 cm³/mol. The second kappa shape index (κ2) is 8.21. The first-order valence-corrected chi connectivity index (χ1v) is 10.7. The monoisotopic (exact) mass is 384 g/mol. The molecule has 6 heteroatoms. The van der Waals surface area contributed by atoms with Crippen molar-refractivity contribution in [3.8, 4) is 0 Å². The Morgan fingerprint density at radius 1 is 1.46 bits per heavy atom. The molecule has 0 unspecified atom stereocenters. The number of rotatable bonds is 7. The van der Waals surface area contributed by atoms with Crippen LogP contribution in [0, 0.1) is 0 Å². The smallest absolute Gasteiger partial charge is 0.253 e. The highest BCUT2D eigenvalue weighted by Gasteiger charge is 2.40. The fraction of sp³-hybridized carbons (Fsp3) is 0.636. The minimum Gasteiger partial charge on any atom is -0.366 e. The number of nitrogens with zero attached hydrogens (tertiary/aromatic N) is 3. The summed E-state index contributed by atoms with van der Waals surface area (Å²) in [6.07, 6.45) is 9.37. The zero-order valence-electron chi connectivity index (χ0n) is 17.3. The molecule has 1 N–H and O–H groups in total. The average Bonchev–Trinajstić information content (AvgIpc) is 3.51. The number of ether oxygens (including phenoxy) is 1. The van der Waals surface area contributed by atoms with Gasteiger partial charge in [-0.3, -0.25) is 4.79 Å². The molecule has 152 valence electrons. The van der Waals surface area contributed by atoms with Crippen LogP contribution in [0.5, 0.6) is 0 Å². The zero-order chi connectivity index (χ0) is 19.7. The molecule has 1 saturated carbocycles. The van der Waals surface area contributed by atoms with Gasteiger partial charge in [0.15, 0.2) is 0 Å². The highest BCUT2D eigenvalue weighted by molar-refractivity contribution is 5.83. The largest absolute Gasteiger partial charge is 0.366 e. The molecule has 2 aromatic heterocycles. The van der Waals surface area contributed by atoms with Crippen molar-refractivity contribution in [1.29, 1.82) is 0 Å². The summed E-state index contributed by atoms with van der Waals surface area (Å²) in [7, 11) is 2.06. The summed E-state index contributed by atoms with van der Waals surface area (Å²) in [6, 6.07) is 2.58. The first-order chi connectivity index (χ1) is 13.6. The molecule has 4 rings (SSSR count). The second-order valence-corrected chi connectivity index (χ2v) is 8.22. The number of amides is 1. The third-order valence-electron chi connectivity index (χ3n) is 6.01. The first kappa shape index (κ1) is 19.4. The summed E-state index contributed by atoms with van der Waals surface area (Å²) < 4.78 is 7.86. The molecular weight excluding hydrogens is 352 g/mol. The maximum Gasteiger partial charge on any atom is 0.253 e. The van der Waals surface area contributed by atoms with Crippen LogP contribution in [-0.2, 0) is 23.0 Å². The molecule has 1 amide bonds. The summed E-state index contributed by atoms with van der Waals surface area (Å²) in [4.78, 5) is 20.0. The number of aryl methyl sites for hydroxylation is 2. The van der Waals surface area contributed by atoms with Crippen LogP contribution in [0.15, 0.2) is 18.5 Å². The van der Waals surface area contributed by atoms with Crippen molar-refractivity contribution in [3.63, 3.8) is 0 Å². The van der Waals surface area contributed by atoms with Gasteiger partial charge < -0.3 is 19.5 Å². The lowest BCUT2D eigenvalue weighted by molar-refractivity contribution is -0.148. The second-order valence-electron chi connectivity index (χ2n) is 8.22. The number of hydrogen-bond acceptors (Lipinski definition) is 4. The molecule has 3 heterocycles. The number of nitrogens with one attached hydrogen (secondary N) is 1. The van der Waals surface area contributed by atoms with Gasteiger partial charge >= 0.3 is 0 Å². The van der Waals surface area contributed by atoms with E-state index in [1.807, 2.05) is 6.20 Å². The summed E-state index contributed by atoms with van der Waals surface area (Å²) in [5.74, 6) is 0.113. The van der Waals surface area contributed by atoms with Crippen LogP contribution in [-0.4, -0.2) is 52.2 Å². The van der Waals surface area contributed by atoms with Gasteiger partial charge in [-0.15, -0.1) is 0 Å². The van der Waals surface area contributed by atoms with Gasteiger partial charge in [-0.25, -0.2) is 4.98 Å². The van der Waals surface area contributed by atoms with E-state index >= 15 is 0 Å². The number of fused-ring (bicyclic) bond motifs is 1. The van der Waals surface area contributed by atoms with Crippen LogP contribution < -0.4 is 5.32 Å². The van der Waals surface area contributed by atoms with E-state index in [-0.39, 0.29) is 18.1 Å². The van der Waals surface area contributed by atoms with Gasteiger partial charge in [0, 0.05) is 44.0 Å². The SMILES string of the molecule is CCCCc1cn(C)c2ncc([C@@H](C)N(C(=O)[C@H]3CNCCO3)C3CC3)cc12. The summed E-state index contributed by atoms with van der Waals surface area (Å²) >= 11 is 0. The molecule has 0 spiro atoms. The van der Waals surface area contributed by atoms with Crippen molar-refractivity contribution in [2.24, 2.45) is 7.05 Å². The van der Waals surface area contributed by atoms with Gasteiger partial charge in [-0.05, 0) is 49.8 Å². The molecule has 2 atom stereocenters. The van der Waals surface area contributed by atoms with Crippen LogP contribution in [0.25, 0.3) is 11.0 Å². The molecule has 1 saturated heterocycles. The van der Waals surface area contributed by atoms with Crippen LogP contribution in [0.4, 0.5) is 0 Å². The quantitative estimate of drug-likeness (QED) is 0.797. The fourth-order valence-corrected chi connectivity index (χ4v) is 4.24. The van der Waals surface area contributed by atoms with Gasteiger partial charge in [-0.1, -0.05) is 13.3 Å². The third kappa shape index (κ3) is 3.80. The van der Waals surface area contributed by atoms with Crippen LogP contribution in [0.3, 0.4) is 0 Å².